The van der Waals surface area contributed by atoms with E-state index in [1.54, 1.807) is 18.2 Å². The molecule has 9 heteroatoms. The molecule has 1 aliphatic heterocycles. The monoisotopic (exact) mass is 309 g/mol. The van der Waals surface area contributed by atoms with Crippen LogP contribution in [-0.4, -0.2) is 51.6 Å². The molecule has 0 radical (unpaired) electrons. The van der Waals surface area contributed by atoms with Crippen molar-refractivity contribution in [1.29, 1.82) is 0 Å². The van der Waals surface area contributed by atoms with E-state index in [1.165, 1.54) is 0 Å². The van der Waals surface area contributed by atoms with Crippen molar-refractivity contribution < 1.29 is 24.7 Å². The number of anilines is 1. The first-order chi connectivity index (χ1) is 10.4. The first kappa shape index (κ1) is 16.7. The highest BCUT2D eigenvalue weighted by atomic mass is 16.5. The number of hydrogen-bond donors (Lipinski definition) is 5. The van der Waals surface area contributed by atoms with Crippen LogP contribution in [0.1, 0.15) is 25.0 Å². The molecule has 8 nitrogen and oxygen atoms in total. The molecule has 0 bridgehead atoms. The molecule has 6 N–H and O–H groups in total. The van der Waals surface area contributed by atoms with Crippen LogP contribution < -0.4 is 11.1 Å². The summed E-state index contributed by atoms with van der Waals surface area (Å²) in [5, 5.41) is 31.5. The van der Waals surface area contributed by atoms with Crippen molar-refractivity contribution >= 4 is 18.9 Å². The second-order valence-corrected chi connectivity index (χ2v) is 5.37. The molecule has 3 atom stereocenters. The standard InChI is InChI=1S/C13H20BN3O5/c15-11-3-1-2-8(16-11)6-12(18)17-10-5-4-9(7-13(19)20)22-14(10)21/h1-3,9-10,12,17-18,21H,4-7H2,(H2,15,16)(H,19,20)/t9-,10-,12?/m0/s1. The van der Waals surface area contributed by atoms with E-state index in [2.05, 4.69) is 10.3 Å². The number of nitrogens with zero attached hydrogens (tertiary/aromatic N) is 1. The van der Waals surface area contributed by atoms with Gasteiger partial charge in [-0.25, -0.2) is 4.98 Å². The van der Waals surface area contributed by atoms with Crippen LogP contribution in [0.3, 0.4) is 0 Å². The number of pyridine rings is 1. The second kappa shape index (κ2) is 7.55. The predicted molar refractivity (Wildman–Crippen MR) is 79.6 cm³/mol. The lowest BCUT2D eigenvalue weighted by Gasteiger charge is -2.32. The Morgan fingerprint density at radius 1 is 1.55 bits per heavy atom. The SMILES string of the molecule is Nc1cccc(CC(O)N[C@H]2CC[C@@H](CC(=O)O)OB2O)n1. The average Bonchev–Trinajstić information content (AvgIpc) is 2.41. The van der Waals surface area contributed by atoms with Gasteiger partial charge in [-0.2, -0.15) is 0 Å². The van der Waals surface area contributed by atoms with Crippen LogP contribution >= 0.6 is 0 Å². The molecule has 1 unspecified atom stereocenters. The molecule has 2 heterocycles. The van der Waals surface area contributed by atoms with Crippen molar-refractivity contribution in [3.8, 4) is 0 Å². The zero-order valence-corrected chi connectivity index (χ0v) is 12.1. The summed E-state index contributed by atoms with van der Waals surface area (Å²) in [5.74, 6) is -1.04. The summed E-state index contributed by atoms with van der Waals surface area (Å²) in [5.41, 5.74) is 6.21. The van der Waals surface area contributed by atoms with Gasteiger partial charge in [0, 0.05) is 18.1 Å². The third kappa shape index (κ3) is 4.95. The van der Waals surface area contributed by atoms with Crippen LogP contribution in [0.25, 0.3) is 0 Å². The summed E-state index contributed by atoms with van der Waals surface area (Å²) in [7, 11) is -1.15. The van der Waals surface area contributed by atoms with E-state index in [4.69, 9.17) is 15.5 Å². The molecule has 1 aromatic rings. The van der Waals surface area contributed by atoms with E-state index < -0.39 is 31.4 Å². The first-order valence-electron chi connectivity index (χ1n) is 7.15. The fraction of sp³-hybridized carbons (Fsp3) is 0.538. The fourth-order valence-corrected chi connectivity index (χ4v) is 2.49. The number of aliphatic hydroxyl groups excluding tert-OH is 1. The van der Waals surface area contributed by atoms with Crippen molar-refractivity contribution in [2.45, 2.75) is 44.0 Å². The molecular formula is C13H20BN3O5. The average molecular weight is 309 g/mol. The molecule has 1 saturated heterocycles. The molecular weight excluding hydrogens is 289 g/mol. The van der Waals surface area contributed by atoms with Crippen molar-refractivity contribution in [3.05, 3.63) is 23.9 Å². The highest BCUT2D eigenvalue weighted by molar-refractivity contribution is 6.45. The number of nitrogens with one attached hydrogen (secondary N) is 1. The van der Waals surface area contributed by atoms with Crippen molar-refractivity contribution in [1.82, 2.24) is 10.3 Å². The lowest BCUT2D eigenvalue weighted by Crippen LogP contribution is -2.54. The van der Waals surface area contributed by atoms with Gasteiger partial charge in [-0.3, -0.25) is 10.1 Å². The lowest BCUT2D eigenvalue weighted by atomic mass is 9.72. The minimum atomic E-state index is -1.15. The molecule has 1 aromatic heterocycles. The Morgan fingerprint density at radius 3 is 2.95 bits per heavy atom. The molecule has 0 spiro atoms. The van der Waals surface area contributed by atoms with E-state index in [0.717, 1.165) is 0 Å². The smallest absolute Gasteiger partial charge is 0.472 e. The maximum absolute atomic E-state index is 10.6. The highest BCUT2D eigenvalue weighted by Gasteiger charge is 2.36. The maximum Gasteiger partial charge on any atom is 0.472 e. The summed E-state index contributed by atoms with van der Waals surface area (Å²) in [6.07, 6.45) is -0.288. The van der Waals surface area contributed by atoms with Crippen molar-refractivity contribution in [2.75, 3.05) is 5.73 Å². The Balaban J connectivity index is 1.82. The quantitative estimate of drug-likeness (QED) is 0.338. The largest absolute Gasteiger partial charge is 0.481 e. The first-order valence-corrected chi connectivity index (χ1v) is 7.15. The number of aromatic nitrogens is 1. The Kier molecular flexibility index (Phi) is 5.73. The van der Waals surface area contributed by atoms with Crippen LogP contribution in [0, 0.1) is 0 Å². The zero-order chi connectivity index (χ0) is 16.1. The van der Waals surface area contributed by atoms with Gasteiger partial charge in [-0.15, -0.1) is 0 Å². The van der Waals surface area contributed by atoms with E-state index in [9.17, 15) is 14.9 Å². The summed E-state index contributed by atoms with van der Waals surface area (Å²) in [4.78, 5) is 14.7. The number of aliphatic carboxylic acids is 1. The summed E-state index contributed by atoms with van der Waals surface area (Å²) < 4.78 is 5.25. The molecule has 0 aliphatic carbocycles. The molecule has 0 aromatic carbocycles. The Hall–Kier alpha value is -1.68. The zero-order valence-electron chi connectivity index (χ0n) is 12.1. The third-order valence-corrected chi connectivity index (χ3v) is 3.52. The van der Waals surface area contributed by atoms with E-state index >= 15 is 0 Å². The van der Waals surface area contributed by atoms with Gasteiger partial charge in [0.1, 0.15) is 12.0 Å². The normalized spacial score (nSPS) is 23.3. The second-order valence-electron chi connectivity index (χ2n) is 5.37. The number of nitrogen functional groups attached to an aromatic ring is 1. The number of carboxylic acids is 1. The maximum atomic E-state index is 10.6. The molecule has 120 valence electrons. The van der Waals surface area contributed by atoms with Gasteiger partial charge in [0.05, 0.1) is 12.5 Å². The molecule has 0 amide bonds. The van der Waals surface area contributed by atoms with Crippen LogP contribution in [0.5, 0.6) is 0 Å². The van der Waals surface area contributed by atoms with E-state index in [-0.39, 0.29) is 12.8 Å². The number of hydrogen-bond acceptors (Lipinski definition) is 7. The van der Waals surface area contributed by atoms with Crippen LogP contribution in [-0.2, 0) is 15.9 Å². The molecule has 1 fully saturated rings. The number of carboxylic acid groups (broad SMARTS) is 1. The number of rotatable bonds is 6. The number of carbonyl (C=O) groups is 1. The highest BCUT2D eigenvalue weighted by Crippen LogP contribution is 2.19. The minimum Gasteiger partial charge on any atom is -0.481 e. The predicted octanol–water partition coefficient (Wildman–Crippen LogP) is -0.844. The summed E-state index contributed by atoms with van der Waals surface area (Å²) in [6, 6.07) is 5.15. The Morgan fingerprint density at radius 2 is 2.32 bits per heavy atom. The Bertz CT molecular complexity index is 518. The summed E-state index contributed by atoms with van der Waals surface area (Å²) in [6.45, 7) is 0. The lowest BCUT2D eigenvalue weighted by molar-refractivity contribution is -0.139. The van der Waals surface area contributed by atoms with Gasteiger partial charge in [0.15, 0.2) is 0 Å². The van der Waals surface area contributed by atoms with Gasteiger partial charge < -0.3 is 25.6 Å². The molecule has 22 heavy (non-hydrogen) atoms. The van der Waals surface area contributed by atoms with Gasteiger partial charge in [-0.1, -0.05) is 6.07 Å². The summed E-state index contributed by atoms with van der Waals surface area (Å²) >= 11 is 0. The van der Waals surface area contributed by atoms with Crippen LogP contribution in [0.2, 0.25) is 0 Å². The Labute approximate surface area is 128 Å². The number of nitrogens with two attached hydrogens (primary N) is 1. The van der Waals surface area contributed by atoms with Gasteiger partial charge >= 0.3 is 13.1 Å². The van der Waals surface area contributed by atoms with Crippen LogP contribution in [0.15, 0.2) is 18.2 Å². The topological polar surface area (TPSA) is 138 Å². The number of aliphatic hydroxyl groups is 1. The fourth-order valence-electron chi connectivity index (χ4n) is 2.49. The van der Waals surface area contributed by atoms with Crippen LogP contribution in [0.4, 0.5) is 5.82 Å². The van der Waals surface area contributed by atoms with Gasteiger partial charge in [0.25, 0.3) is 0 Å². The minimum absolute atomic E-state index is 0.139. The molecule has 0 saturated carbocycles. The van der Waals surface area contributed by atoms with Crippen molar-refractivity contribution in [2.24, 2.45) is 0 Å². The van der Waals surface area contributed by atoms with E-state index in [1.807, 2.05) is 0 Å². The van der Waals surface area contributed by atoms with Gasteiger partial charge in [0.2, 0.25) is 0 Å². The van der Waals surface area contributed by atoms with Gasteiger partial charge in [-0.05, 0) is 25.0 Å². The third-order valence-electron chi connectivity index (χ3n) is 3.52. The van der Waals surface area contributed by atoms with E-state index in [0.29, 0.717) is 24.4 Å². The molecule has 1 aliphatic rings. The molecule has 2 rings (SSSR count). The van der Waals surface area contributed by atoms with Crippen molar-refractivity contribution in [3.63, 3.8) is 0 Å².